The van der Waals surface area contributed by atoms with Crippen molar-refractivity contribution >= 4 is 5.91 Å². The maximum Gasteiger partial charge on any atom is 0.288 e. The van der Waals surface area contributed by atoms with Crippen LogP contribution in [-0.2, 0) is 6.61 Å². The lowest BCUT2D eigenvalue weighted by Gasteiger charge is -2.45. The van der Waals surface area contributed by atoms with E-state index >= 15 is 0 Å². The zero-order valence-corrected chi connectivity index (χ0v) is 19.9. The van der Waals surface area contributed by atoms with Crippen LogP contribution in [0.4, 0.5) is 0 Å². The Kier molecular flexibility index (Phi) is 5.87. The molecule has 3 heterocycles. The first-order valence-electron chi connectivity index (χ1n) is 12.3. The number of carbonyl (C=O) groups excluding carboxylic acids is 1. The summed E-state index contributed by atoms with van der Waals surface area (Å²) in [6.07, 6.45) is 2.39. The van der Waals surface area contributed by atoms with Crippen molar-refractivity contribution in [3.63, 3.8) is 0 Å². The van der Waals surface area contributed by atoms with E-state index in [1.165, 1.54) is 6.07 Å². The van der Waals surface area contributed by atoms with Gasteiger partial charge in [0, 0.05) is 31.3 Å². The molecule has 1 amide bonds. The van der Waals surface area contributed by atoms with Crippen LogP contribution in [0.25, 0.3) is 0 Å². The zero-order valence-electron chi connectivity index (χ0n) is 19.9. The number of amides is 1. The Balaban J connectivity index is 1.52. The van der Waals surface area contributed by atoms with E-state index in [4.69, 9.17) is 4.74 Å². The van der Waals surface area contributed by atoms with Crippen molar-refractivity contribution in [2.24, 2.45) is 0 Å². The maximum atomic E-state index is 13.8. The molecular formula is C30H27N3O3. The summed E-state index contributed by atoms with van der Waals surface area (Å²) < 4.78 is 8.04. The molecule has 4 aromatic rings. The molecule has 1 aromatic heterocycles. The molecule has 0 aliphatic carbocycles. The minimum atomic E-state index is -0.284. The fraction of sp³-hybridized carbons (Fsp3) is 0.200. The Morgan fingerprint density at radius 2 is 1.39 bits per heavy atom. The zero-order chi connectivity index (χ0) is 24.5. The molecule has 0 saturated carbocycles. The normalized spacial score (nSPS) is 17.2. The van der Waals surface area contributed by atoms with E-state index in [9.17, 15) is 9.59 Å². The molecule has 0 radical (unpaired) electrons. The number of hydrogen-bond donors (Lipinski definition) is 0. The van der Waals surface area contributed by atoms with Crippen molar-refractivity contribution in [2.45, 2.75) is 25.1 Å². The highest BCUT2D eigenvalue weighted by atomic mass is 16.5. The summed E-state index contributed by atoms with van der Waals surface area (Å²) in [4.78, 5) is 26.8. The second-order valence-electron chi connectivity index (χ2n) is 9.20. The van der Waals surface area contributed by atoms with Crippen LogP contribution in [0.1, 0.15) is 45.7 Å². The van der Waals surface area contributed by atoms with E-state index in [-0.39, 0.29) is 35.8 Å². The quantitative estimate of drug-likeness (QED) is 0.399. The summed E-state index contributed by atoms with van der Waals surface area (Å²) in [5.41, 5.74) is 3.26. The summed E-state index contributed by atoms with van der Waals surface area (Å²) in [5, 5.41) is 3.96. The average molecular weight is 478 g/mol. The van der Waals surface area contributed by atoms with Crippen LogP contribution < -0.4 is 10.2 Å². The first kappa shape index (κ1) is 22.3. The summed E-state index contributed by atoms with van der Waals surface area (Å²) in [5.74, 6) is -0.142. The summed E-state index contributed by atoms with van der Waals surface area (Å²) in [7, 11) is 0. The van der Waals surface area contributed by atoms with Crippen molar-refractivity contribution in [1.82, 2.24) is 14.6 Å². The monoisotopic (exact) mass is 477 g/mol. The molecule has 36 heavy (non-hydrogen) atoms. The maximum absolute atomic E-state index is 13.8. The minimum Gasteiger partial charge on any atom is -0.483 e. The van der Waals surface area contributed by atoms with Crippen molar-refractivity contribution < 1.29 is 9.53 Å². The molecule has 180 valence electrons. The summed E-state index contributed by atoms with van der Waals surface area (Å²) in [6, 6.07) is 31.9. The third kappa shape index (κ3) is 3.89. The van der Waals surface area contributed by atoms with Crippen molar-refractivity contribution in [3.05, 3.63) is 136 Å². The Morgan fingerprint density at radius 1 is 0.778 bits per heavy atom. The molecule has 1 unspecified atom stereocenters. The molecule has 1 saturated heterocycles. The Bertz CT molecular complexity index is 1380. The smallest absolute Gasteiger partial charge is 0.288 e. The number of ether oxygens (including phenoxy) is 1. The first-order chi connectivity index (χ1) is 17.7. The highest BCUT2D eigenvalue weighted by Crippen LogP contribution is 2.43. The Hall–Kier alpha value is -4.16. The van der Waals surface area contributed by atoms with Gasteiger partial charge in [0.1, 0.15) is 12.8 Å². The third-order valence-electron chi connectivity index (χ3n) is 7.02. The molecule has 2 aliphatic rings. The lowest BCUT2D eigenvalue weighted by molar-refractivity contribution is -0.0485. The van der Waals surface area contributed by atoms with Gasteiger partial charge in [0.15, 0.2) is 11.4 Å². The van der Waals surface area contributed by atoms with E-state index in [2.05, 4.69) is 29.3 Å². The molecule has 2 aliphatic heterocycles. The molecule has 1 atom stereocenters. The van der Waals surface area contributed by atoms with Gasteiger partial charge in [0.2, 0.25) is 5.43 Å². The highest BCUT2D eigenvalue weighted by Gasteiger charge is 2.46. The van der Waals surface area contributed by atoms with Gasteiger partial charge in [-0.25, -0.2) is 0 Å². The Labute approximate surface area is 210 Å². The molecule has 1 fully saturated rings. The van der Waals surface area contributed by atoms with Crippen LogP contribution in [-0.4, -0.2) is 33.6 Å². The van der Waals surface area contributed by atoms with Crippen LogP contribution in [0.15, 0.2) is 108 Å². The summed E-state index contributed by atoms with van der Waals surface area (Å²) in [6.45, 7) is 1.60. The average Bonchev–Trinajstić information content (AvgIpc) is 3.42. The number of nitrogens with zero attached hydrogens (tertiary/aromatic N) is 3. The highest BCUT2D eigenvalue weighted by molar-refractivity contribution is 5.95. The molecule has 0 bridgehead atoms. The van der Waals surface area contributed by atoms with Gasteiger partial charge in [-0.3, -0.25) is 14.6 Å². The number of hydrogen-bond acceptors (Lipinski definition) is 4. The Morgan fingerprint density at radius 3 is 2.03 bits per heavy atom. The number of aromatic nitrogens is 1. The van der Waals surface area contributed by atoms with Crippen LogP contribution in [0.3, 0.4) is 0 Å². The van der Waals surface area contributed by atoms with E-state index in [0.717, 1.165) is 29.7 Å². The number of benzene rings is 3. The predicted octanol–water partition coefficient (Wildman–Crippen LogP) is 4.83. The first-order valence-corrected chi connectivity index (χ1v) is 12.3. The van der Waals surface area contributed by atoms with Gasteiger partial charge in [-0.2, -0.15) is 5.01 Å². The van der Waals surface area contributed by atoms with Crippen molar-refractivity contribution in [3.8, 4) is 5.75 Å². The van der Waals surface area contributed by atoms with Crippen LogP contribution in [0.2, 0.25) is 0 Å². The predicted molar refractivity (Wildman–Crippen MR) is 138 cm³/mol. The lowest BCUT2D eigenvalue weighted by Crippen LogP contribution is -2.53. The van der Waals surface area contributed by atoms with Crippen LogP contribution >= 0.6 is 0 Å². The lowest BCUT2D eigenvalue weighted by atomic mass is 9.87. The second kappa shape index (κ2) is 9.47. The topological polar surface area (TPSA) is 54.8 Å². The largest absolute Gasteiger partial charge is 0.483 e. The van der Waals surface area contributed by atoms with Crippen LogP contribution in [0, 0.1) is 0 Å². The number of fused-ring (bicyclic) bond motifs is 2. The fourth-order valence-electron chi connectivity index (χ4n) is 5.41. The number of hydrazine groups is 1. The molecular weight excluding hydrogens is 450 g/mol. The minimum absolute atomic E-state index is 0.0654. The molecule has 6 heteroatoms. The van der Waals surface area contributed by atoms with E-state index in [0.29, 0.717) is 12.2 Å². The van der Waals surface area contributed by atoms with Gasteiger partial charge in [0.25, 0.3) is 5.91 Å². The van der Waals surface area contributed by atoms with Gasteiger partial charge in [-0.1, -0.05) is 91.0 Å². The van der Waals surface area contributed by atoms with E-state index in [1.54, 1.807) is 11.2 Å². The third-order valence-corrected chi connectivity index (χ3v) is 7.02. The van der Waals surface area contributed by atoms with E-state index in [1.807, 2.05) is 71.3 Å². The SMILES string of the molecule is O=C1c2c(OCc3ccccc3)c(=O)ccn2C(C(c2ccccc2)c2ccccc2)N2CCCN12. The number of carbonyl (C=O) groups is 1. The number of pyridine rings is 1. The molecule has 6 rings (SSSR count). The van der Waals surface area contributed by atoms with Crippen molar-refractivity contribution in [1.29, 1.82) is 0 Å². The number of rotatable bonds is 6. The van der Waals surface area contributed by atoms with Crippen LogP contribution in [0.5, 0.6) is 5.75 Å². The molecule has 0 N–H and O–H groups in total. The summed E-state index contributed by atoms with van der Waals surface area (Å²) >= 11 is 0. The molecule has 0 spiro atoms. The fourth-order valence-corrected chi connectivity index (χ4v) is 5.41. The van der Waals surface area contributed by atoms with Gasteiger partial charge in [-0.15, -0.1) is 0 Å². The molecule has 6 nitrogen and oxygen atoms in total. The van der Waals surface area contributed by atoms with Gasteiger partial charge >= 0.3 is 0 Å². The van der Waals surface area contributed by atoms with Crippen molar-refractivity contribution in [2.75, 3.05) is 13.1 Å². The van der Waals surface area contributed by atoms with Gasteiger partial charge in [0.05, 0.1) is 0 Å². The van der Waals surface area contributed by atoms with E-state index < -0.39 is 0 Å². The molecule has 3 aromatic carbocycles. The van der Waals surface area contributed by atoms with Gasteiger partial charge in [-0.05, 0) is 23.1 Å². The second-order valence-corrected chi connectivity index (χ2v) is 9.20. The van der Waals surface area contributed by atoms with Gasteiger partial charge < -0.3 is 9.30 Å². The standard InChI is InChI=1S/C30H27N3O3/c34-25-17-20-31-27(28(25)36-21-22-11-4-1-5-12-22)30(35)33-19-10-18-32(33)29(31)26(23-13-6-2-7-14-23)24-15-8-3-9-16-24/h1-9,11-17,20,26,29H,10,18-19,21H2.